The zero-order valence-electron chi connectivity index (χ0n) is 12.4. The van der Waals surface area contributed by atoms with E-state index in [0.717, 1.165) is 18.9 Å². The lowest BCUT2D eigenvalue weighted by Crippen LogP contribution is -2.49. The lowest BCUT2D eigenvalue weighted by molar-refractivity contribution is 0.0178. The maximum atomic E-state index is 6.08. The van der Waals surface area contributed by atoms with Gasteiger partial charge in [0.25, 0.3) is 0 Å². The van der Waals surface area contributed by atoms with Crippen LogP contribution in [0.15, 0.2) is 24.3 Å². The van der Waals surface area contributed by atoms with Gasteiger partial charge in [-0.2, -0.15) is 0 Å². The van der Waals surface area contributed by atoms with Crippen LogP contribution in [0, 0.1) is 0 Å². The molecule has 1 saturated carbocycles. The molecule has 20 heavy (non-hydrogen) atoms. The fourth-order valence-electron chi connectivity index (χ4n) is 3.23. The van der Waals surface area contributed by atoms with Gasteiger partial charge in [0.15, 0.2) is 0 Å². The fourth-order valence-corrected chi connectivity index (χ4v) is 3.23. The van der Waals surface area contributed by atoms with E-state index in [2.05, 4.69) is 29.2 Å². The molecule has 0 radical (unpaired) electrons. The number of hydrogen-bond acceptors (Lipinski definition) is 3. The summed E-state index contributed by atoms with van der Waals surface area (Å²) in [6, 6.07) is 9.21. The van der Waals surface area contributed by atoms with Crippen molar-refractivity contribution in [3.05, 3.63) is 29.8 Å². The van der Waals surface area contributed by atoms with E-state index < -0.39 is 0 Å². The average Bonchev–Trinajstić information content (AvgIpc) is 2.94. The van der Waals surface area contributed by atoms with Gasteiger partial charge in [0.2, 0.25) is 0 Å². The lowest BCUT2D eigenvalue weighted by atomic mass is 10.0. The Morgan fingerprint density at radius 1 is 1.20 bits per heavy atom. The van der Waals surface area contributed by atoms with Crippen LogP contribution in [0.4, 0.5) is 0 Å². The first-order valence-electron chi connectivity index (χ1n) is 7.84. The second-order valence-corrected chi connectivity index (χ2v) is 6.04. The molecule has 0 spiro atoms. The number of ether oxygens (including phenoxy) is 2. The summed E-state index contributed by atoms with van der Waals surface area (Å²) in [5.74, 6) is 1.04. The minimum atomic E-state index is 0.440. The zero-order chi connectivity index (χ0) is 13.8. The van der Waals surface area contributed by atoms with Gasteiger partial charge in [-0.05, 0) is 49.8 Å². The number of rotatable bonds is 6. The quantitative estimate of drug-likeness (QED) is 0.795. The van der Waals surface area contributed by atoms with E-state index in [-0.39, 0.29) is 0 Å². The predicted octanol–water partition coefficient (Wildman–Crippen LogP) is 3.23. The molecule has 3 rings (SSSR count). The smallest absolute Gasteiger partial charge is 0.120 e. The topological polar surface area (TPSA) is 21.7 Å². The summed E-state index contributed by atoms with van der Waals surface area (Å²) in [6.07, 6.45) is 6.76. The van der Waals surface area contributed by atoms with Crippen molar-refractivity contribution in [2.24, 2.45) is 0 Å². The van der Waals surface area contributed by atoms with E-state index in [9.17, 15) is 0 Å². The second kappa shape index (κ2) is 6.59. The van der Waals surface area contributed by atoms with Crippen molar-refractivity contribution in [3.63, 3.8) is 0 Å². The summed E-state index contributed by atoms with van der Waals surface area (Å²) in [6.45, 7) is 3.04. The van der Waals surface area contributed by atoms with Gasteiger partial charge in [-0.3, -0.25) is 4.90 Å². The molecule has 1 aliphatic heterocycles. The van der Waals surface area contributed by atoms with Crippen LogP contribution in [0.1, 0.15) is 37.7 Å². The molecular formula is C17H25NO2. The predicted molar refractivity (Wildman–Crippen MR) is 80.0 cm³/mol. The Hall–Kier alpha value is -1.06. The highest BCUT2D eigenvalue weighted by Crippen LogP contribution is 2.26. The first kappa shape index (κ1) is 13.9. The molecule has 1 unspecified atom stereocenters. The van der Waals surface area contributed by atoms with Gasteiger partial charge >= 0.3 is 0 Å². The third-order valence-corrected chi connectivity index (χ3v) is 4.51. The minimum absolute atomic E-state index is 0.440. The van der Waals surface area contributed by atoms with E-state index in [4.69, 9.17) is 9.47 Å². The minimum Gasteiger partial charge on any atom is -0.490 e. The molecule has 1 aliphatic carbocycles. The van der Waals surface area contributed by atoms with Gasteiger partial charge in [0.05, 0.1) is 12.7 Å². The van der Waals surface area contributed by atoms with Crippen LogP contribution in [0.2, 0.25) is 0 Å². The van der Waals surface area contributed by atoms with Crippen molar-refractivity contribution >= 4 is 0 Å². The van der Waals surface area contributed by atoms with Crippen molar-refractivity contribution in [2.75, 3.05) is 20.3 Å². The molecule has 1 atom stereocenters. The fraction of sp³-hybridized carbons (Fsp3) is 0.647. The van der Waals surface area contributed by atoms with Crippen molar-refractivity contribution in [1.29, 1.82) is 0 Å². The van der Waals surface area contributed by atoms with Crippen LogP contribution >= 0.6 is 0 Å². The molecular weight excluding hydrogens is 250 g/mol. The molecule has 2 fully saturated rings. The number of nitrogens with zero attached hydrogens (tertiary/aromatic N) is 1. The van der Waals surface area contributed by atoms with Crippen LogP contribution in [0.25, 0.3) is 0 Å². The van der Waals surface area contributed by atoms with Crippen molar-refractivity contribution in [3.8, 4) is 5.75 Å². The molecule has 2 aliphatic rings. The highest BCUT2D eigenvalue weighted by atomic mass is 16.5. The highest BCUT2D eigenvalue weighted by molar-refractivity contribution is 5.29. The number of benzene rings is 1. The third-order valence-electron chi connectivity index (χ3n) is 4.51. The van der Waals surface area contributed by atoms with Crippen LogP contribution < -0.4 is 4.74 Å². The molecule has 1 aromatic carbocycles. The molecule has 0 amide bonds. The molecule has 0 aromatic heterocycles. The second-order valence-electron chi connectivity index (χ2n) is 6.04. The summed E-state index contributed by atoms with van der Waals surface area (Å²) < 4.78 is 11.3. The Morgan fingerprint density at radius 3 is 2.75 bits per heavy atom. The molecule has 1 aromatic rings. The summed E-state index contributed by atoms with van der Waals surface area (Å²) >= 11 is 0. The summed E-state index contributed by atoms with van der Waals surface area (Å²) in [7, 11) is 1.78. The van der Waals surface area contributed by atoms with E-state index in [1.807, 2.05) is 0 Å². The molecule has 0 bridgehead atoms. The molecule has 0 N–H and O–H groups in total. The van der Waals surface area contributed by atoms with E-state index >= 15 is 0 Å². The highest BCUT2D eigenvalue weighted by Gasteiger charge is 2.27. The van der Waals surface area contributed by atoms with Crippen molar-refractivity contribution < 1.29 is 9.47 Å². The van der Waals surface area contributed by atoms with Gasteiger partial charge in [-0.25, -0.2) is 0 Å². The molecule has 3 nitrogen and oxygen atoms in total. The monoisotopic (exact) mass is 275 g/mol. The molecule has 1 saturated heterocycles. The van der Waals surface area contributed by atoms with Crippen LogP contribution in [0.3, 0.4) is 0 Å². The SMILES string of the molecule is COCC1CCN1Cc1cccc(OC2CCCC2)c1. The average molecular weight is 275 g/mol. The largest absolute Gasteiger partial charge is 0.490 e. The Morgan fingerprint density at radius 2 is 2.05 bits per heavy atom. The summed E-state index contributed by atoms with van der Waals surface area (Å²) in [4.78, 5) is 2.48. The van der Waals surface area contributed by atoms with Crippen molar-refractivity contribution in [1.82, 2.24) is 4.90 Å². The van der Waals surface area contributed by atoms with Gasteiger partial charge in [0.1, 0.15) is 5.75 Å². The molecule has 3 heteroatoms. The van der Waals surface area contributed by atoms with Crippen LogP contribution in [0.5, 0.6) is 5.75 Å². The Balaban J connectivity index is 1.56. The Bertz CT molecular complexity index is 429. The van der Waals surface area contributed by atoms with Crippen LogP contribution in [-0.4, -0.2) is 37.3 Å². The normalized spacial score (nSPS) is 23.8. The van der Waals surface area contributed by atoms with Gasteiger partial charge < -0.3 is 9.47 Å². The summed E-state index contributed by atoms with van der Waals surface area (Å²) in [5, 5.41) is 0. The third kappa shape index (κ3) is 3.33. The van der Waals surface area contributed by atoms with Gasteiger partial charge in [-0.1, -0.05) is 12.1 Å². The van der Waals surface area contributed by atoms with Crippen LogP contribution in [-0.2, 0) is 11.3 Å². The first-order valence-corrected chi connectivity index (χ1v) is 7.84. The molecule has 1 heterocycles. The Labute approximate surface area is 121 Å². The van der Waals surface area contributed by atoms with Gasteiger partial charge in [0, 0.05) is 26.2 Å². The maximum absolute atomic E-state index is 6.08. The Kier molecular flexibility index (Phi) is 4.58. The zero-order valence-corrected chi connectivity index (χ0v) is 12.4. The van der Waals surface area contributed by atoms with E-state index in [0.29, 0.717) is 12.1 Å². The van der Waals surface area contributed by atoms with Crippen molar-refractivity contribution in [2.45, 2.75) is 50.8 Å². The van der Waals surface area contributed by atoms with E-state index in [1.165, 1.54) is 44.2 Å². The first-order chi connectivity index (χ1) is 9.85. The summed E-state index contributed by atoms with van der Waals surface area (Å²) in [5.41, 5.74) is 1.35. The number of likely N-dealkylation sites (tertiary alicyclic amines) is 1. The molecule has 110 valence electrons. The van der Waals surface area contributed by atoms with Gasteiger partial charge in [-0.15, -0.1) is 0 Å². The lowest BCUT2D eigenvalue weighted by Gasteiger charge is -2.40. The number of hydrogen-bond donors (Lipinski definition) is 0. The maximum Gasteiger partial charge on any atom is 0.120 e. The standard InChI is InChI=1S/C17H25NO2/c1-19-13-15-9-10-18(15)12-14-5-4-8-17(11-14)20-16-6-2-3-7-16/h4-5,8,11,15-16H,2-3,6-7,9-10,12-13H2,1H3. The van der Waals surface area contributed by atoms with E-state index in [1.54, 1.807) is 7.11 Å². The number of methoxy groups -OCH3 is 1.